The summed E-state index contributed by atoms with van der Waals surface area (Å²) in [4.78, 5) is 6.88. The molecule has 0 aliphatic rings. The molecule has 5 heteroatoms. The quantitative estimate of drug-likeness (QED) is 0.851. The minimum Gasteiger partial charge on any atom is -0.396 e. The number of benzene rings is 1. The normalized spacial score (nSPS) is 10.4. The smallest absolute Gasteiger partial charge is 0.121 e. The van der Waals surface area contributed by atoms with Gasteiger partial charge >= 0.3 is 0 Å². The van der Waals surface area contributed by atoms with Crippen LogP contribution in [0.5, 0.6) is 0 Å². The Labute approximate surface area is 111 Å². The van der Waals surface area contributed by atoms with Gasteiger partial charge in [0.2, 0.25) is 0 Å². The predicted molar refractivity (Wildman–Crippen MR) is 69.2 cm³/mol. The Bertz CT molecular complexity index is 457. The number of hydrogen-bond acceptors (Lipinski definition) is 2. The van der Waals surface area contributed by atoms with Crippen LogP contribution < -0.4 is 4.84 Å². The fourth-order valence-corrected chi connectivity index (χ4v) is 2.17. The van der Waals surface area contributed by atoms with Gasteiger partial charge in [-0.05, 0) is 29.8 Å². The number of hydrogen-bond donors (Lipinski definition) is 0. The Morgan fingerprint density at radius 2 is 2.19 bits per heavy atom. The number of rotatable bonds is 4. The molecule has 1 heterocycles. The molecule has 0 atom stereocenters. The first-order chi connectivity index (χ1) is 7.75. The summed E-state index contributed by atoms with van der Waals surface area (Å²) in [7, 11) is 0. The van der Waals surface area contributed by atoms with Gasteiger partial charge in [-0.3, -0.25) is 0 Å². The van der Waals surface area contributed by atoms with E-state index in [2.05, 4.69) is 43.0 Å². The monoisotopic (exact) mass is 344 g/mol. The van der Waals surface area contributed by atoms with Crippen LogP contribution in [0.1, 0.15) is 5.56 Å². The van der Waals surface area contributed by atoms with E-state index in [1.165, 1.54) is 10.4 Å². The SMILES string of the molecule is Brc1ccc(Br)c(CCOn2cccn2)c1. The molecule has 0 bridgehead atoms. The van der Waals surface area contributed by atoms with Crippen molar-refractivity contribution >= 4 is 31.9 Å². The first-order valence-corrected chi connectivity index (χ1v) is 6.41. The van der Waals surface area contributed by atoms with E-state index in [0.29, 0.717) is 6.61 Å². The Balaban J connectivity index is 1.92. The Morgan fingerprint density at radius 3 is 2.94 bits per heavy atom. The molecule has 0 amide bonds. The van der Waals surface area contributed by atoms with E-state index in [-0.39, 0.29) is 0 Å². The average molecular weight is 346 g/mol. The van der Waals surface area contributed by atoms with Crippen LogP contribution in [0, 0.1) is 0 Å². The van der Waals surface area contributed by atoms with E-state index in [9.17, 15) is 0 Å². The standard InChI is InChI=1S/C11H10Br2N2O/c12-10-2-3-11(13)9(8-10)4-7-16-15-6-1-5-14-15/h1-3,5-6,8H,4,7H2. The Kier molecular flexibility index (Phi) is 4.01. The van der Waals surface area contributed by atoms with Crippen LogP contribution in [0.25, 0.3) is 0 Å². The largest absolute Gasteiger partial charge is 0.396 e. The fraction of sp³-hybridized carbons (Fsp3) is 0.182. The zero-order chi connectivity index (χ0) is 11.4. The highest BCUT2D eigenvalue weighted by atomic mass is 79.9. The van der Waals surface area contributed by atoms with Crippen molar-refractivity contribution in [3.05, 3.63) is 51.2 Å². The second-order valence-corrected chi connectivity index (χ2v) is 5.00. The summed E-state index contributed by atoms with van der Waals surface area (Å²) in [5, 5.41) is 3.96. The molecule has 0 saturated heterocycles. The van der Waals surface area contributed by atoms with Gasteiger partial charge in [-0.25, -0.2) is 0 Å². The summed E-state index contributed by atoms with van der Waals surface area (Å²) in [6.45, 7) is 0.594. The fourth-order valence-electron chi connectivity index (χ4n) is 1.32. The van der Waals surface area contributed by atoms with Crippen LogP contribution >= 0.6 is 31.9 Å². The maximum absolute atomic E-state index is 5.41. The molecular formula is C11H10Br2N2O. The minimum absolute atomic E-state index is 0.594. The summed E-state index contributed by atoms with van der Waals surface area (Å²) in [5.41, 5.74) is 1.21. The Hall–Kier alpha value is -0.810. The zero-order valence-corrected chi connectivity index (χ0v) is 11.6. The maximum Gasteiger partial charge on any atom is 0.121 e. The summed E-state index contributed by atoms with van der Waals surface area (Å²) in [6, 6.07) is 7.93. The second kappa shape index (κ2) is 5.50. The van der Waals surface area contributed by atoms with Crippen LogP contribution in [0.15, 0.2) is 45.6 Å². The van der Waals surface area contributed by atoms with Gasteiger partial charge < -0.3 is 4.84 Å². The topological polar surface area (TPSA) is 27.1 Å². The summed E-state index contributed by atoms with van der Waals surface area (Å²) >= 11 is 6.96. The van der Waals surface area contributed by atoms with Gasteiger partial charge in [-0.1, -0.05) is 31.9 Å². The van der Waals surface area contributed by atoms with Gasteiger partial charge in [0.05, 0.1) is 12.4 Å². The van der Waals surface area contributed by atoms with Gasteiger partial charge in [-0.15, -0.1) is 9.94 Å². The molecule has 0 spiro atoms. The van der Waals surface area contributed by atoms with E-state index in [1.807, 2.05) is 18.2 Å². The number of halogens is 2. The van der Waals surface area contributed by atoms with Crippen LogP contribution in [-0.2, 0) is 6.42 Å². The molecule has 0 N–H and O–H groups in total. The molecule has 0 saturated carbocycles. The van der Waals surface area contributed by atoms with Crippen molar-refractivity contribution in [1.82, 2.24) is 9.94 Å². The van der Waals surface area contributed by atoms with Crippen LogP contribution in [0.4, 0.5) is 0 Å². The number of nitrogens with zero attached hydrogens (tertiary/aromatic N) is 2. The van der Waals surface area contributed by atoms with E-state index < -0.39 is 0 Å². The van der Waals surface area contributed by atoms with E-state index in [1.54, 1.807) is 12.4 Å². The highest BCUT2D eigenvalue weighted by Gasteiger charge is 2.01. The zero-order valence-electron chi connectivity index (χ0n) is 8.44. The van der Waals surface area contributed by atoms with Crippen molar-refractivity contribution in [2.45, 2.75) is 6.42 Å². The minimum atomic E-state index is 0.594. The van der Waals surface area contributed by atoms with Crippen molar-refractivity contribution < 1.29 is 4.84 Å². The molecule has 16 heavy (non-hydrogen) atoms. The van der Waals surface area contributed by atoms with E-state index >= 15 is 0 Å². The predicted octanol–water partition coefficient (Wildman–Crippen LogP) is 3.08. The van der Waals surface area contributed by atoms with Gasteiger partial charge in [0.15, 0.2) is 0 Å². The molecule has 1 aromatic heterocycles. The van der Waals surface area contributed by atoms with Crippen LogP contribution in [0.2, 0.25) is 0 Å². The van der Waals surface area contributed by atoms with Gasteiger partial charge in [-0.2, -0.15) is 0 Å². The average Bonchev–Trinajstić information content (AvgIpc) is 2.76. The molecule has 0 radical (unpaired) electrons. The lowest BCUT2D eigenvalue weighted by molar-refractivity contribution is 0.0846. The lowest BCUT2D eigenvalue weighted by Crippen LogP contribution is -2.14. The Morgan fingerprint density at radius 1 is 1.31 bits per heavy atom. The summed E-state index contributed by atoms with van der Waals surface area (Å²) in [5.74, 6) is 0. The molecule has 0 aliphatic heterocycles. The number of aromatic nitrogens is 2. The molecule has 0 aliphatic carbocycles. The van der Waals surface area contributed by atoms with Crippen molar-refractivity contribution in [2.24, 2.45) is 0 Å². The van der Waals surface area contributed by atoms with Crippen LogP contribution in [0.3, 0.4) is 0 Å². The third kappa shape index (κ3) is 3.09. The van der Waals surface area contributed by atoms with Gasteiger partial charge in [0, 0.05) is 15.4 Å². The summed E-state index contributed by atoms with van der Waals surface area (Å²) < 4.78 is 2.17. The molecule has 0 fully saturated rings. The highest BCUT2D eigenvalue weighted by molar-refractivity contribution is 9.11. The van der Waals surface area contributed by atoms with Gasteiger partial charge in [0.1, 0.15) is 6.61 Å². The van der Waals surface area contributed by atoms with E-state index in [0.717, 1.165) is 15.4 Å². The molecule has 84 valence electrons. The molecule has 0 unspecified atom stereocenters. The van der Waals surface area contributed by atoms with Crippen molar-refractivity contribution in [1.29, 1.82) is 0 Å². The highest BCUT2D eigenvalue weighted by Crippen LogP contribution is 2.21. The third-order valence-corrected chi connectivity index (χ3v) is 3.35. The van der Waals surface area contributed by atoms with Crippen molar-refractivity contribution in [2.75, 3.05) is 6.61 Å². The second-order valence-electron chi connectivity index (χ2n) is 3.23. The lowest BCUT2D eigenvalue weighted by atomic mass is 10.2. The first kappa shape index (κ1) is 11.7. The summed E-state index contributed by atoms with van der Waals surface area (Å²) in [6.07, 6.45) is 4.30. The van der Waals surface area contributed by atoms with Crippen molar-refractivity contribution in [3.8, 4) is 0 Å². The first-order valence-electron chi connectivity index (χ1n) is 4.82. The van der Waals surface area contributed by atoms with Crippen molar-refractivity contribution in [3.63, 3.8) is 0 Å². The molecular weight excluding hydrogens is 336 g/mol. The molecule has 2 aromatic rings. The maximum atomic E-state index is 5.41. The third-order valence-electron chi connectivity index (χ3n) is 2.08. The van der Waals surface area contributed by atoms with Gasteiger partial charge in [0.25, 0.3) is 0 Å². The molecule has 3 nitrogen and oxygen atoms in total. The van der Waals surface area contributed by atoms with Crippen LogP contribution in [-0.4, -0.2) is 16.6 Å². The molecule has 2 rings (SSSR count). The molecule has 1 aromatic carbocycles. The van der Waals surface area contributed by atoms with E-state index in [4.69, 9.17) is 4.84 Å². The lowest BCUT2D eigenvalue weighted by Gasteiger charge is -2.07.